The number of phenolic OH excluding ortho intramolecular Hbond substituents is 1. The average molecular weight is 441 g/mol. The number of aromatic hydroxyl groups is 1. The highest BCUT2D eigenvalue weighted by atomic mass is 16.5. The molecule has 1 aliphatic rings. The summed E-state index contributed by atoms with van der Waals surface area (Å²) in [5.41, 5.74) is 2.01. The third kappa shape index (κ3) is 6.02. The molecule has 32 heavy (non-hydrogen) atoms. The van der Waals surface area contributed by atoms with Crippen LogP contribution in [0.4, 0.5) is 0 Å². The Balaban J connectivity index is 1.43. The van der Waals surface area contributed by atoms with E-state index in [1.165, 1.54) is 18.9 Å². The summed E-state index contributed by atoms with van der Waals surface area (Å²) in [6, 6.07) is 8.24. The van der Waals surface area contributed by atoms with Gasteiger partial charge in [-0.25, -0.2) is 4.79 Å². The number of aryl methyl sites for hydroxylation is 1. The van der Waals surface area contributed by atoms with E-state index in [0.717, 1.165) is 31.2 Å². The van der Waals surface area contributed by atoms with E-state index in [1.807, 2.05) is 6.92 Å². The third-order valence-electron chi connectivity index (χ3n) is 6.11. The quantitative estimate of drug-likeness (QED) is 0.343. The molecular formula is C26H32O6. The summed E-state index contributed by atoms with van der Waals surface area (Å²) in [5.74, 6) is 0.779. The van der Waals surface area contributed by atoms with Gasteiger partial charge >= 0.3 is 5.97 Å². The maximum atomic E-state index is 12.6. The Hall–Kier alpha value is -3.02. The van der Waals surface area contributed by atoms with Gasteiger partial charge in [-0.1, -0.05) is 25.7 Å². The zero-order chi connectivity index (χ0) is 23.1. The van der Waals surface area contributed by atoms with Crippen molar-refractivity contribution < 1.29 is 29.3 Å². The molecule has 1 fully saturated rings. The molecule has 2 aromatic rings. The first-order valence-electron chi connectivity index (χ1n) is 11.3. The topological polar surface area (TPSA) is 93.1 Å². The smallest absolute Gasteiger partial charge is 0.335 e. The first kappa shape index (κ1) is 23.6. The van der Waals surface area contributed by atoms with Crippen LogP contribution in [-0.2, 0) is 0 Å². The number of ketones is 1. The Morgan fingerprint density at radius 1 is 0.969 bits per heavy atom. The Morgan fingerprint density at radius 3 is 2.22 bits per heavy atom. The zero-order valence-electron chi connectivity index (χ0n) is 18.9. The van der Waals surface area contributed by atoms with Gasteiger partial charge in [-0.05, 0) is 68.5 Å². The summed E-state index contributed by atoms with van der Waals surface area (Å²) in [5, 5.41) is 19.5. The number of carboxylic acid groups (broad SMARTS) is 1. The highest BCUT2D eigenvalue weighted by Crippen LogP contribution is 2.34. The summed E-state index contributed by atoms with van der Waals surface area (Å²) in [6.45, 7) is 4.55. The number of Topliss-reactive ketones (excluding diaryl/α,β-unsaturated/α-hetero) is 1. The summed E-state index contributed by atoms with van der Waals surface area (Å²) < 4.78 is 11.5. The van der Waals surface area contributed by atoms with E-state index in [9.17, 15) is 14.7 Å². The van der Waals surface area contributed by atoms with Crippen LogP contribution in [0.1, 0.15) is 76.8 Å². The molecule has 0 bridgehead atoms. The van der Waals surface area contributed by atoms with E-state index in [-0.39, 0.29) is 17.1 Å². The molecule has 0 aromatic heterocycles. The minimum atomic E-state index is -0.954. The average Bonchev–Trinajstić information content (AvgIpc) is 3.27. The first-order valence-corrected chi connectivity index (χ1v) is 11.3. The standard InChI is InChI=1S/C26H32O6/c1-17-15-20(26(29)30)9-11-23(17)31-13-5-6-14-32-24-12-10-21(25(28)18(24)2)22(27)16-19-7-3-4-8-19/h9-12,15,19,28H,3-8,13-14,16H2,1-2H3,(H,29,30). The molecule has 0 atom stereocenters. The summed E-state index contributed by atoms with van der Waals surface area (Å²) >= 11 is 0. The minimum absolute atomic E-state index is 0.00730. The molecule has 3 rings (SSSR count). The molecule has 0 amide bonds. The van der Waals surface area contributed by atoms with Crippen molar-refractivity contribution in [2.45, 2.75) is 58.8 Å². The van der Waals surface area contributed by atoms with Crippen LogP contribution in [0.3, 0.4) is 0 Å². The van der Waals surface area contributed by atoms with E-state index in [4.69, 9.17) is 14.6 Å². The van der Waals surface area contributed by atoms with Crippen LogP contribution in [0.2, 0.25) is 0 Å². The number of carbonyl (C=O) groups is 2. The van der Waals surface area contributed by atoms with E-state index in [1.54, 1.807) is 31.2 Å². The molecule has 1 saturated carbocycles. The lowest BCUT2D eigenvalue weighted by Crippen LogP contribution is -2.08. The van der Waals surface area contributed by atoms with Gasteiger partial charge in [-0.3, -0.25) is 4.79 Å². The normalized spacial score (nSPS) is 13.8. The van der Waals surface area contributed by atoms with Crippen molar-refractivity contribution in [3.63, 3.8) is 0 Å². The number of ether oxygens (including phenoxy) is 2. The van der Waals surface area contributed by atoms with Crippen LogP contribution in [0.5, 0.6) is 17.2 Å². The maximum Gasteiger partial charge on any atom is 0.335 e. The van der Waals surface area contributed by atoms with Gasteiger partial charge < -0.3 is 19.7 Å². The second-order valence-corrected chi connectivity index (χ2v) is 8.55. The lowest BCUT2D eigenvalue weighted by atomic mass is 9.95. The van der Waals surface area contributed by atoms with Gasteiger partial charge in [0.1, 0.15) is 17.2 Å². The van der Waals surface area contributed by atoms with Gasteiger partial charge in [0.05, 0.1) is 24.3 Å². The van der Waals surface area contributed by atoms with Crippen LogP contribution < -0.4 is 9.47 Å². The molecule has 2 aromatic carbocycles. The number of phenols is 1. The monoisotopic (exact) mass is 440 g/mol. The van der Waals surface area contributed by atoms with Gasteiger partial charge in [-0.15, -0.1) is 0 Å². The number of unbranched alkanes of at least 4 members (excludes halogenated alkanes) is 1. The second kappa shape index (κ2) is 11.0. The van der Waals surface area contributed by atoms with Gasteiger partial charge in [0.2, 0.25) is 0 Å². The number of hydrogen-bond acceptors (Lipinski definition) is 5. The molecule has 6 nitrogen and oxygen atoms in total. The minimum Gasteiger partial charge on any atom is -0.507 e. The van der Waals surface area contributed by atoms with Crippen molar-refractivity contribution >= 4 is 11.8 Å². The Kier molecular flexibility index (Phi) is 8.14. The predicted molar refractivity (Wildman–Crippen MR) is 122 cm³/mol. The number of carboxylic acids is 1. The molecule has 0 spiro atoms. The van der Waals surface area contributed by atoms with Gasteiger partial charge in [-0.2, -0.15) is 0 Å². The molecule has 2 N–H and O–H groups in total. The highest BCUT2D eigenvalue weighted by Gasteiger charge is 2.22. The lowest BCUT2D eigenvalue weighted by molar-refractivity contribution is 0.0696. The van der Waals surface area contributed by atoms with Crippen molar-refractivity contribution in [3.05, 3.63) is 52.6 Å². The molecule has 0 saturated heterocycles. The Bertz CT molecular complexity index is 959. The van der Waals surface area contributed by atoms with Crippen LogP contribution in [0.15, 0.2) is 30.3 Å². The van der Waals surface area contributed by atoms with E-state index >= 15 is 0 Å². The molecule has 0 radical (unpaired) electrons. The number of rotatable bonds is 11. The van der Waals surface area contributed by atoms with Crippen LogP contribution in [0.25, 0.3) is 0 Å². The fourth-order valence-electron chi connectivity index (χ4n) is 4.16. The SMILES string of the molecule is Cc1cc(C(=O)O)ccc1OCCCCOc1ccc(C(=O)CC2CCCC2)c(O)c1C. The number of carbonyl (C=O) groups excluding carboxylic acids is 1. The molecule has 0 aliphatic heterocycles. The summed E-state index contributed by atoms with van der Waals surface area (Å²) in [4.78, 5) is 23.6. The maximum absolute atomic E-state index is 12.6. The van der Waals surface area contributed by atoms with Crippen LogP contribution >= 0.6 is 0 Å². The van der Waals surface area contributed by atoms with Gasteiger partial charge in [0.15, 0.2) is 5.78 Å². The van der Waals surface area contributed by atoms with Crippen LogP contribution in [0, 0.1) is 19.8 Å². The van der Waals surface area contributed by atoms with Crippen molar-refractivity contribution in [1.82, 2.24) is 0 Å². The van der Waals surface area contributed by atoms with Crippen molar-refractivity contribution in [2.75, 3.05) is 13.2 Å². The number of hydrogen-bond donors (Lipinski definition) is 2. The largest absolute Gasteiger partial charge is 0.507 e. The Labute approximate surface area is 189 Å². The van der Waals surface area contributed by atoms with Crippen molar-refractivity contribution in [3.8, 4) is 17.2 Å². The van der Waals surface area contributed by atoms with E-state index in [2.05, 4.69) is 0 Å². The summed E-state index contributed by atoms with van der Waals surface area (Å²) in [6.07, 6.45) is 6.62. The fraction of sp³-hybridized carbons (Fsp3) is 0.462. The fourth-order valence-corrected chi connectivity index (χ4v) is 4.16. The molecule has 1 aliphatic carbocycles. The lowest BCUT2D eigenvalue weighted by Gasteiger charge is -2.14. The van der Waals surface area contributed by atoms with Crippen molar-refractivity contribution in [2.24, 2.45) is 5.92 Å². The first-order chi connectivity index (χ1) is 15.4. The zero-order valence-corrected chi connectivity index (χ0v) is 18.9. The van der Waals surface area contributed by atoms with E-state index < -0.39 is 5.97 Å². The predicted octanol–water partition coefficient (Wildman–Crippen LogP) is 5.71. The van der Waals surface area contributed by atoms with Gasteiger partial charge in [0.25, 0.3) is 0 Å². The van der Waals surface area contributed by atoms with E-state index in [0.29, 0.717) is 48.2 Å². The molecular weight excluding hydrogens is 408 g/mol. The Morgan fingerprint density at radius 2 is 1.59 bits per heavy atom. The molecule has 172 valence electrons. The number of benzene rings is 2. The molecule has 6 heteroatoms. The van der Waals surface area contributed by atoms with Crippen molar-refractivity contribution in [1.29, 1.82) is 0 Å². The molecule has 0 unspecified atom stereocenters. The van der Waals surface area contributed by atoms with Gasteiger partial charge in [0, 0.05) is 12.0 Å². The third-order valence-corrected chi connectivity index (χ3v) is 6.11. The highest BCUT2D eigenvalue weighted by molar-refractivity contribution is 5.99. The number of aromatic carboxylic acids is 1. The molecule has 0 heterocycles. The van der Waals surface area contributed by atoms with Crippen LogP contribution in [-0.4, -0.2) is 35.2 Å². The second-order valence-electron chi connectivity index (χ2n) is 8.55. The summed E-state index contributed by atoms with van der Waals surface area (Å²) in [7, 11) is 0.